The second-order valence-electron chi connectivity index (χ2n) is 8.50. The van der Waals surface area contributed by atoms with E-state index in [1.165, 1.54) is 15.3 Å². The number of carbonyl (C=O) groups excluding carboxylic acids is 3. The second-order valence-corrected chi connectivity index (χ2v) is 10.9. The van der Waals surface area contributed by atoms with Crippen molar-refractivity contribution in [2.45, 2.75) is 30.7 Å². The second kappa shape index (κ2) is 8.26. The number of amides is 3. The lowest BCUT2D eigenvalue weighted by Crippen LogP contribution is -2.56. The van der Waals surface area contributed by atoms with Crippen molar-refractivity contribution in [1.29, 1.82) is 0 Å². The van der Waals surface area contributed by atoms with Gasteiger partial charge in [-0.1, -0.05) is 18.2 Å². The zero-order valence-corrected chi connectivity index (χ0v) is 19.6. The van der Waals surface area contributed by atoms with Crippen LogP contribution in [-0.4, -0.2) is 72.5 Å². The van der Waals surface area contributed by atoms with E-state index in [4.69, 9.17) is 0 Å². The van der Waals surface area contributed by atoms with Crippen LogP contribution in [0.15, 0.2) is 44.0 Å². The number of imide groups is 1. The minimum absolute atomic E-state index is 0.103. The number of fused-ring (bicyclic) bond motifs is 2. The number of nitrogens with zero attached hydrogens (tertiary/aromatic N) is 5. The molecule has 2 fully saturated rings. The third-order valence-electron chi connectivity index (χ3n) is 6.70. The summed E-state index contributed by atoms with van der Waals surface area (Å²) >= 11 is 0.957. The van der Waals surface area contributed by atoms with Crippen LogP contribution in [0, 0.1) is 11.8 Å². The minimum Gasteiger partial charge on any atom is -0.338 e. The fourth-order valence-corrected chi connectivity index (χ4v) is 7.03. The number of hydrogen-bond donors (Lipinski definition) is 0. The smallest absolute Gasteiger partial charge is 0.245 e. The van der Waals surface area contributed by atoms with Gasteiger partial charge in [0.05, 0.1) is 23.2 Å². The first kappa shape index (κ1) is 22.1. The predicted octanol–water partition coefficient (Wildman–Crippen LogP) is 1.59. The number of benzene rings is 1. The van der Waals surface area contributed by atoms with Crippen LogP contribution in [0.4, 0.5) is 11.4 Å². The largest absolute Gasteiger partial charge is 0.338 e. The maximum Gasteiger partial charge on any atom is 0.245 e. The molecular weight excluding hydrogens is 466 g/mol. The van der Waals surface area contributed by atoms with Crippen molar-refractivity contribution in [3.63, 3.8) is 0 Å². The van der Waals surface area contributed by atoms with E-state index in [-0.39, 0.29) is 60.6 Å². The van der Waals surface area contributed by atoms with Gasteiger partial charge in [0, 0.05) is 26.2 Å². The van der Waals surface area contributed by atoms with Crippen LogP contribution in [0.2, 0.25) is 0 Å². The Morgan fingerprint density at radius 2 is 1.67 bits per heavy atom. The van der Waals surface area contributed by atoms with E-state index in [0.29, 0.717) is 24.2 Å². The molecule has 1 aliphatic carbocycles. The molecule has 0 spiro atoms. The van der Waals surface area contributed by atoms with Gasteiger partial charge in [0.1, 0.15) is 22.3 Å². The van der Waals surface area contributed by atoms with Gasteiger partial charge in [-0.15, -0.1) is 0 Å². The lowest BCUT2D eigenvalue weighted by atomic mass is 9.85. The van der Waals surface area contributed by atoms with E-state index in [2.05, 4.69) is 8.73 Å². The summed E-state index contributed by atoms with van der Waals surface area (Å²) in [6.07, 6.45) is 4.85. The molecule has 0 radical (unpaired) electrons. The van der Waals surface area contributed by atoms with Crippen molar-refractivity contribution in [2.24, 2.45) is 20.6 Å². The van der Waals surface area contributed by atoms with Gasteiger partial charge in [-0.3, -0.25) is 19.3 Å². The van der Waals surface area contributed by atoms with E-state index in [1.54, 1.807) is 19.1 Å². The number of carbonyl (C=O) groups is 3. The summed E-state index contributed by atoms with van der Waals surface area (Å²) in [7, 11) is -3.80. The molecule has 3 heterocycles. The quantitative estimate of drug-likeness (QED) is 0.477. The Balaban J connectivity index is 1.26. The van der Waals surface area contributed by atoms with E-state index in [0.717, 1.165) is 16.3 Å². The Kier molecular flexibility index (Phi) is 5.53. The molecule has 33 heavy (non-hydrogen) atoms. The van der Waals surface area contributed by atoms with Gasteiger partial charge in [0.2, 0.25) is 27.7 Å². The van der Waals surface area contributed by atoms with Crippen molar-refractivity contribution >= 4 is 50.5 Å². The van der Waals surface area contributed by atoms with E-state index in [9.17, 15) is 22.8 Å². The molecule has 1 aromatic carbocycles. The van der Waals surface area contributed by atoms with Crippen LogP contribution in [0.3, 0.4) is 0 Å². The molecule has 0 N–H and O–H groups in total. The van der Waals surface area contributed by atoms with Crippen LogP contribution < -0.4 is 0 Å². The molecule has 0 aromatic heterocycles. The van der Waals surface area contributed by atoms with Crippen molar-refractivity contribution in [2.75, 3.05) is 26.2 Å². The summed E-state index contributed by atoms with van der Waals surface area (Å²) in [6, 6.07) is 3.95. The van der Waals surface area contributed by atoms with Gasteiger partial charge < -0.3 is 4.90 Å². The Morgan fingerprint density at radius 1 is 1.03 bits per heavy atom. The van der Waals surface area contributed by atoms with Crippen molar-refractivity contribution in [1.82, 2.24) is 14.1 Å². The fraction of sp³-hybridized carbons (Fsp3) is 0.476. The van der Waals surface area contributed by atoms with Crippen LogP contribution in [0.5, 0.6) is 0 Å². The lowest BCUT2D eigenvalue weighted by Gasteiger charge is -2.36. The van der Waals surface area contributed by atoms with Gasteiger partial charge in [0.15, 0.2) is 0 Å². The molecular formula is C21H23N5O5S2. The number of hydrogen-bond acceptors (Lipinski definition) is 7. The number of likely N-dealkylation sites (tertiary alicyclic amines) is 1. The highest BCUT2D eigenvalue weighted by molar-refractivity contribution is 7.89. The molecule has 3 atom stereocenters. The normalized spacial score (nSPS) is 25.7. The third-order valence-corrected chi connectivity index (χ3v) is 9.18. The Morgan fingerprint density at radius 3 is 2.30 bits per heavy atom. The predicted molar refractivity (Wildman–Crippen MR) is 120 cm³/mol. The third kappa shape index (κ3) is 3.56. The van der Waals surface area contributed by atoms with E-state index in [1.807, 2.05) is 12.2 Å². The number of sulfonamides is 1. The highest BCUT2D eigenvalue weighted by Gasteiger charge is 2.50. The Hall–Kier alpha value is -2.70. The Labute approximate surface area is 195 Å². The van der Waals surface area contributed by atoms with E-state index >= 15 is 0 Å². The Bertz CT molecular complexity index is 1220. The van der Waals surface area contributed by atoms with Crippen molar-refractivity contribution in [3.8, 4) is 0 Å². The molecule has 2 saturated heterocycles. The first-order valence-corrected chi connectivity index (χ1v) is 13.0. The average molecular weight is 490 g/mol. The molecule has 2 unspecified atom stereocenters. The highest BCUT2D eigenvalue weighted by Crippen LogP contribution is 2.39. The number of allylic oxidation sites excluding steroid dienone is 2. The summed E-state index contributed by atoms with van der Waals surface area (Å²) in [5, 5.41) is 0. The molecule has 0 saturated carbocycles. The van der Waals surface area contributed by atoms with Crippen LogP contribution in [-0.2, 0) is 35.8 Å². The lowest BCUT2D eigenvalue weighted by molar-refractivity contribution is -0.151. The molecule has 3 aliphatic heterocycles. The molecule has 3 amide bonds. The molecule has 174 valence electrons. The summed E-state index contributed by atoms with van der Waals surface area (Å²) in [5.74, 6) is -1.70. The fourth-order valence-electron chi connectivity index (χ4n) is 4.86. The summed E-state index contributed by atoms with van der Waals surface area (Å²) in [5.41, 5.74) is 0.871. The number of piperazine rings is 1. The molecule has 1 aromatic rings. The van der Waals surface area contributed by atoms with Gasteiger partial charge in [0.25, 0.3) is 0 Å². The maximum atomic E-state index is 13.2. The molecule has 0 bridgehead atoms. The van der Waals surface area contributed by atoms with Crippen molar-refractivity contribution < 1.29 is 22.8 Å². The topological polar surface area (TPSA) is 120 Å². The molecule has 12 heteroatoms. The van der Waals surface area contributed by atoms with Gasteiger partial charge in [-0.2, -0.15) is 13.0 Å². The monoisotopic (exact) mass is 489 g/mol. The first-order valence-electron chi connectivity index (χ1n) is 10.8. The van der Waals surface area contributed by atoms with E-state index < -0.39 is 16.1 Å². The van der Waals surface area contributed by atoms with Gasteiger partial charge in [-0.05, 0) is 31.9 Å². The zero-order chi connectivity index (χ0) is 23.3. The van der Waals surface area contributed by atoms with Crippen molar-refractivity contribution in [3.05, 3.63) is 30.4 Å². The minimum atomic E-state index is -3.80. The van der Waals surface area contributed by atoms with Crippen LogP contribution in [0.1, 0.15) is 19.8 Å². The molecule has 4 aliphatic rings. The molecule has 10 nitrogen and oxygen atoms in total. The highest BCUT2D eigenvalue weighted by atomic mass is 32.2. The number of rotatable bonds is 4. The zero-order valence-electron chi connectivity index (χ0n) is 18.0. The summed E-state index contributed by atoms with van der Waals surface area (Å²) in [6.45, 7) is 2.16. The van der Waals surface area contributed by atoms with Crippen LogP contribution in [0.25, 0.3) is 0 Å². The molecule has 5 rings (SSSR count). The SMILES string of the molecule is C[C@@H](C(=O)N1CCN(S(=O)(=O)c2cccc3c2N=S=N3)CC1)N1C(=O)C2CC=CCC2C1=O. The summed E-state index contributed by atoms with van der Waals surface area (Å²) < 4.78 is 36.0. The standard InChI is InChI=1S/C21H23N5O5S2/c1-13(26-20(28)14-5-2-3-6-15(14)21(26)29)19(27)24-9-11-25(12-10-24)33(30,31)17-8-4-7-16-18(17)23-32-22-16/h2-4,7-8,13-15H,5-6,9-12H2,1H3/t13-,14?,15?/m0/s1. The van der Waals surface area contributed by atoms with Crippen LogP contribution >= 0.6 is 0 Å². The average Bonchev–Trinajstić information content (AvgIpc) is 3.41. The summed E-state index contributed by atoms with van der Waals surface area (Å²) in [4.78, 5) is 41.5. The van der Waals surface area contributed by atoms with Gasteiger partial charge in [-0.25, -0.2) is 8.42 Å². The first-order chi connectivity index (χ1) is 15.8. The van der Waals surface area contributed by atoms with Gasteiger partial charge >= 0.3 is 0 Å². The maximum absolute atomic E-state index is 13.2.